The number of nitrogens with zero attached hydrogens (tertiary/aromatic N) is 2. The van der Waals surface area contributed by atoms with Gasteiger partial charge in [-0.05, 0) is 23.5 Å². The zero-order valence-electron chi connectivity index (χ0n) is 7.29. The van der Waals surface area contributed by atoms with Crippen LogP contribution in [0.5, 0.6) is 0 Å². The van der Waals surface area contributed by atoms with Crippen LogP contribution in [0.25, 0.3) is 0 Å². The molecule has 0 saturated carbocycles. The fraction of sp³-hybridized carbons (Fsp3) is 0.250. The van der Waals surface area contributed by atoms with E-state index in [1.165, 1.54) is 24.1 Å². The molecule has 1 aliphatic carbocycles. The van der Waals surface area contributed by atoms with Gasteiger partial charge in [-0.15, -0.1) is 0 Å². The third-order valence-corrected chi connectivity index (χ3v) is 3.35. The molecule has 2 rings (SSSR count). The van der Waals surface area contributed by atoms with Gasteiger partial charge in [-0.2, -0.15) is 0 Å². The van der Waals surface area contributed by atoms with Gasteiger partial charge in [0.2, 0.25) is 0 Å². The molecule has 2 aliphatic rings. The Morgan fingerprint density at radius 3 is 3.00 bits per heavy atom. The molecule has 2 unspecified atom stereocenters. The molecule has 0 radical (unpaired) electrons. The molecular formula is C8H5ClN2O3S. The molecule has 0 aromatic carbocycles. The minimum Gasteiger partial charge on any atom is -0.274 e. The summed E-state index contributed by atoms with van der Waals surface area (Å²) in [7, 11) is 0. The predicted octanol–water partition coefficient (Wildman–Crippen LogP) is 1.57. The second-order valence-electron chi connectivity index (χ2n) is 3.05. The lowest BCUT2D eigenvalue weighted by Crippen LogP contribution is -2.25. The van der Waals surface area contributed by atoms with E-state index in [0.717, 1.165) is 0 Å². The van der Waals surface area contributed by atoms with Crippen LogP contribution in [-0.2, 0) is 4.79 Å². The fourth-order valence-corrected chi connectivity index (χ4v) is 2.60. The maximum absolute atomic E-state index is 11.0. The standard InChI is InChI=1S/C8H5ClN2O3S/c9-8(12)7-5-3-4(11(13)14)1-2-6(5)15-10-7/h1-3,5-6H. The quantitative estimate of drug-likeness (QED) is 0.320. The molecule has 15 heavy (non-hydrogen) atoms. The number of carbonyl (C=O) groups is 1. The normalized spacial score (nSPS) is 28.1. The average molecular weight is 245 g/mol. The minimum atomic E-state index is -0.649. The molecule has 78 valence electrons. The van der Waals surface area contributed by atoms with E-state index in [1.54, 1.807) is 6.08 Å². The van der Waals surface area contributed by atoms with Crippen molar-refractivity contribution in [3.8, 4) is 0 Å². The van der Waals surface area contributed by atoms with E-state index in [9.17, 15) is 14.9 Å². The monoisotopic (exact) mass is 244 g/mol. The third-order valence-electron chi connectivity index (χ3n) is 2.16. The lowest BCUT2D eigenvalue weighted by atomic mass is 9.94. The molecule has 2 atom stereocenters. The van der Waals surface area contributed by atoms with E-state index in [4.69, 9.17) is 11.6 Å². The first kappa shape index (κ1) is 10.4. The van der Waals surface area contributed by atoms with Crippen LogP contribution in [0.15, 0.2) is 28.3 Å². The van der Waals surface area contributed by atoms with Gasteiger partial charge in [-0.1, -0.05) is 6.08 Å². The molecule has 5 nitrogen and oxygen atoms in total. The van der Waals surface area contributed by atoms with Crippen LogP contribution < -0.4 is 0 Å². The summed E-state index contributed by atoms with van der Waals surface area (Å²) in [5.41, 5.74) is 0.166. The van der Waals surface area contributed by atoms with Crippen LogP contribution in [0, 0.1) is 16.0 Å². The molecule has 1 aliphatic heterocycles. The smallest absolute Gasteiger partial charge is 0.268 e. The zero-order chi connectivity index (χ0) is 11.0. The predicted molar refractivity (Wildman–Crippen MR) is 57.4 cm³/mol. The number of allylic oxidation sites excluding steroid dienone is 2. The minimum absolute atomic E-state index is 0.0237. The van der Waals surface area contributed by atoms with Crippen molar-refractivity contribution in [2.24, 2.45) is 10.3 Å². The molecule has 0 spiro atoms. The molecular weight excluding hydrogens is 240 g/mol. The summed E-state index contributed by atoms with van der Waals surface area (Å²) in [5, 5.41) is 9.84. The van der Waals surface area contributed by atoms with Gasteiger partial charge in [0.05, 0.1) is 10.2 Å². The summed E-state index contributed by atoms with van der Waals surface area (Å²) in [4.78, 5) is 21.0. The Hall–Kier alpha value is -1.14. The van der Waals surface area contributed by atoms with E-state index in [2.05, 4.69) is 4.40 Å². The summed E-state index contributed by atoms with van der Waals surface area (Å²) in [6, 6.07) is 0. The van der Waals surface area contributed by atoms with Gasteiger partial charge < -0.3 is 0 Å². The highest BCUT2D eigenvalue weighted by molar-refractivity contribution is 7.99. The number of halogens is 1. The highest BCUT2D eigenvalue weighted by Gasteiger charge is 2.36. The fourth-order valence-electron chi connectivity index (χ4n) is 1.45. The van der Waals surface area contributed by atoms with Gasteiger partial charge in [0.1, 0.15) is 5.71 Å². The van der Waals surface area contributed by atoms with Crippen molar-refractivity contribution >= 4 is 34.5 Å². The molecule has 0 N–H and O–H groups in total. The SMILES string of the molecule is O=C(Cl)C1=NSC2C=CC([N+](=O)[O-])=CC12. The molecule has 0 fully saturated rings. The molecule has 7 heteroatoms. The second kappa shape index (κ2) is 3.79. The number of hydrogen-bond acceptors (Lipinski definition) is 5. The van der Waals surface area contributed by atoms with Crippen molar-refractivity contribution in [2.45, 2.75) is 5.25 Å². The molecule has 1 heterocycles. The van der Waals surface area contributed by atoms with Crippen LogP contribution in [0.2, 0.25) is 0 Å². The van der Waals surface area contributed by atoms with Gasteiger partial charge in [0, 0.05) is 18.1 Å². The average Bonchev–Trinajstić information content (AvgIpc) is 2.59. The van der Waals surface area contributed by atoms with Crippen molar-refractivity contribution in [1.29, 1.82) is 0 Å². The van der Waals surface area contributed by atoms with Gasteiger partial charge in [0.15, 0.2) is 0 Å². The molecule has 0 bridgehead atoms. The van der Waals surface area contributed by atoms with Gasteiger partial charge in [-0.3, -0.25) is 14.9 Å². The molecule has 0 aromatic heterocycles. The molecule has 0 aromatic rings. The Balaban J connectivity index is 2.31. The first-order valence-electron chi connectivity index (χ1n) is 4.07. The maximum atomic E-state index is 11.0. The number of rotatable bonds is 2. The van der Waals surface area contributed by atoms with Crippen LogP contribution in [-0.4, -0.2) is 21.1 Å². The summed E-state index contributed by atoms with van der Waals surface area (Å²) < 4.78 is 3.91. The Kier molecular flexibility index (Phi) is 2.62. The lowest BCUT2D eigenvalue weighted by molar-refractivity contribution is -0.419. The third kappa shape index (κ3) is 1.82. The van der Waals surface area contributed by atoms with Crippen LogP contribution in [0.4, 0.5) is 0 Å². The molecule has 0 amide bonds. The summed E-state index contributed by atoms with van der Waals surface area (Å²) in [6.07, 6.45) is 4.51. The van der Waals surface area contributed by atoms with Crippen molar-refractivity contribution in [2.75, 3.05) is 0 Å². The number of hydrogen-bond donors (Lipinski definition) is 0. The van der Waals surface area contributed by atoms with E-state index < -0.39 is 10.2 Å². The first-order chi connectivity index (χ1) is 7.09. The zero-order valence-corrected chi connectivity index (χ0v) is 8.86. The van der Waals surface area contributed by atoms with E-state index >= 15 is 0 Å². The number of fused-ring (bicyclic) bond motifs is 1. The summed E-state index contributed by atoms with van der Waals surface area (Å²) >= 11 is 6.53. The van der Waals surface area contributed by atoms with Crippen LogP contribution >= 0.6 is 23.5 Å². The largest absolute Gasteiger partial charge is 0.274 e. The van der Waals surface area contributed by atoms with E-state index in [0.29, 0.717) is 0 Å². The van der Waals surface area contributed by atoms with Crippen molar-refractivity contribution in [3.05, 3.63) is 34.0 Å². The summed E-state index contributed by atoms with van der Waals surface area (Å²) in [6.45, 7) is 0. The van der Waals surface area contributed by atoms with Crippen LogP contribution in [0.1, 0.15) is 0 Å². The van der Waals surface area contributed by atoms with E-state index in [1.807, 2.05) is 0 Å². The Morgan fingerprint density at radius 1 is 1.67 bits per heavy atom. The second-order valence-corrected chi connectivity index (χ2v) is 4.33. The lowest BCUT2D eigenvalue weighted by Gasteiger charge is -2.13. The van der Waals surface area contributed by atoms with Crippen molar-refractivity contribution < 1.29 is 9.72 Å². The number of carbonyl (C=O) groups excluding carboxylic acids is 1. The Labute approximate surface area is 94.2 Å². The first-order valence-corrected chi connectivity index (χ1v) is 5.29. The van der Waals surface area contributed by atoms with Crippen LogP contribution in [0.3, 0.4) is 0 Å². The Bertz CT molecular complexity index is 430. The maximum Gasteiger partial charge on any atom is 0.268 e. The number of nitro groups is 1. The Morgan fingerprint density at radius 2 is 2.40 bits per heavy atom. The highest BCUT2D eigenvalue weighted by atomic mass is 35.5. The highest BCUT2D eigenvalue weighted by Crippen LogP contribution is 2.36. The van der Waals surface area contributed by atoms with Crippen molar-refractivity contribution in [1.82, 2.24) is 0 Å². The van der Waals surface area contributed by atoms with Crippen molar-refractivity contribution in [3.63, 3.8) is 0 Å². The van der Waals surface area contributed by atoms with E-state index in [-0.39, 0.29) is 22.6 Å². The summed E-state index contributed by atoms with van der Waals surface area (Å²) in [5.74, 6) is -0.370. The van der Waals surface area contributed by atoms with Gasteiger partial charge in [-0.25, -0.2) is 4.40 Å². The van der Waals surface area contributed by atoms with Gasteiger partial charge in [0.25, 0.3) is 10.9 Å². The van der Waals surface area contributed by atoms with Gasteiger partial charge >= 0.3 is 0 Å². The molecule has 0 saturated heterocycles. The topological polar surface area (TPSA) is 72.6 Å².